The van der Waals surface area contributed by atoms with Crippen molar-refractivity contribution in [1.82, 2.24) is 15.8 Å². The van der Waals surface area contributed by atoms with Gasteiger partial charge in [0.05, 0.1) is 0 Å². The molecule has 0 aliphatic carbocycles. The molecule has 0 radical (unpaired) electrons. The Labute approximate surface area is 158 Å². The van der Waals surface area contributed by atoms with Crippen LogP contribution in [0.3, 0.4) is 0 Å². The van der Waals surface area contributed by atoms with Crippen LogP contribution >= 0.6 is 0 Å². The summed E-state index contributed by atoms with van der Waals surface area (Å²) in [6.07, 6.45) is 3.72. The quantitative estimate of drug-likeness (QED) is 0.667. The molecule has 0 aromatic heterocycles. The van der Waals surface area contributed by atoms with Crippen LogP contribution in [0.2, 0.25) is 0 Å². The van der Waals surface area contributed by atoms with E-state index in [1.54, 1.807) is 30.3 Å². The van der Waals surface area contributed by atoms with Gasteiger partial charge in [-0.2, -0.15) is 10.2 Å². The second kappa shape index (κ2) is 7.67. The molecule has 2 aromatic carbocycles. The first-order chi connectivity index (χ1) is 13.2. The summed E-state index contributed by atoms with van der Waals surface area (Å²) in [6, 6.07) is 12.2. The fourth-order valence-corrected chi connectivity index (χ4v) is 3.36. The molecule has 140 valence electrons. The summed E-state index contributed by atoms with van der Waals surface area (Å²) in [5.41, 5.74) is 8.48. The number of benzene rings is 2. The molecule has 1 fully saturated rings. The van der Waals surface area contributed by atoms with E-state index in [1.165, 1.54) is 19.3 Å². The molecule has 2 aliphatic rings. The molecule has 4 N–H and O–H groups in total. The highest BCUT2D eigenvalue weighted by atomic mass is 16.3. The van der Waals surface area contributed by atoms with Crippen molar-refractivity contribution in [3.05, 3.63) is 59.2 Å². The van der Waals surface area contributed by atoms with Crippen LogP contribution in [-0.4, -0.2) is 39.9 Å². The van der Waals surface area contributed by atoms with Crippen molar-refractivity contribution >= 4 is 11.7 Å². The molecule has 0 atom stereocenters. The van der Waals surface area contributed by atoms with Crippen LogP contribution in [0.4, 0.5) is 0 Å². The third-order valence-corrected chi connectivity index (χ3v) is 4.88. The second-order valence-corrected chi connectivity index (χ2v) is 6.87. The number of hydrazone groups is 2. The van der Waals surface area contributed by atoms with E-state index in [9.17, 15) is 10.2 Å². The van der Waals surface area contributed by atoms with Crippen LogP contribution in [0.1, 0.15) is 36.0 Å². The summed E-state index contributed by atoms with van der Waals surface area (Å²) < 4.78 is 0. The third kappa shape index (κ3) is 4.03. The van der Waals surface area contributed by atoms with Crippen molar-refractivity contribution in [2.24, 2.45) is 10.2 Å². The average molecular weight is 365 g/mol. The Morgan fingerprint density at radius 1 is 0.815 bits per heavy atom. The smallest absolute Gasteiger partial charge is 0.173 e. The predicted molar refractivity (Wildman–Crippen MR) is 105 cm³/mol. The molecule has 27 heavy (non-hydrogen) atoms. The fourth-order valence-electron chi connectivity index (χ4n) is 3.36. The standard InChI is InChI=1S/C20H23N5O2/c26-17-7-4-14(5-8-17)19-21-23-20(24-22-19)15-6-9-18(27)16(12-15)13-25-10-2-1-3-11-25/h4-9,12,26-27H,1-3,10-11,13H2,(H,21,22)(H,23,24). The van der Waals surface area contributed by atoms with Crippen LogP contribution in [0.5, 0.6) is 11.5 Å². The topological polar surface area (TPSA) is 92.5 Å². The molecule has 4 rings (SSSR count). The van der Waals surface area contributed by atoms with Gasteiger partial charge in [0.25, 0.3) is 0 Å². The van der Waals surface area contributed by atoms with Crippen molar-refractivity contribution in [2.45, 2.75) is 25.8 Å². The molecule has 0 unspecified atom stereocenters. The number of nitrogens with zero attached hydrogens (tertiary/aromatic N) is 3. The summed E-state index contributed by atoms with van der Waals surface area (Å²) in [4.78, 5) is 2.37. The highest BCUT2D eigenvalue weighted by molar-refractivity contribution is 6.06. The van der Waals surface area contributed by atoms with E-state index in [0.717, 1.165) is 36.3 Å². The van der Waals surface area contributed by atoms with Gasteiger partial charge in [0.15, 0.2) is 11.7 Å². The largest absolute Gasteiger partial charge is 0.508 e. The number of rotatable bonds is 4. The maximum absolute atomic E-state index is 10.2. The van der Waals surface area contributed by atoms with Gasteiger partial charge in [-0.3, -0.25) is 15.8 Å². The summed E-state index contributed by atoms with van der Waals surface area (Å²) in [6.45, 7) is 2.89. The molecule has 0 spiro atoms. The molecular formula is C20H23N5O2. The van der Waals surface area contributed by atoms with E-state index in [1.807, 2.05) is 12.1 Å². The number of aromatic hydroxyl groups is 2. The molecule has 2 aromatic rings. The molecule has 0 bridgehead atoms. The van der Waals surface area contributed by atoms with Gasteiger partial charge in [-0.1, -0.05) is 6.42 Å². The minimum atomic E-state index is 0.206. The molecule has 2 heterocycles. The lowest BCUT2D eigenvalue weighted by molar-refractivity contribution is 0.218. The normalized spacial score (nSPS) is 17.5. The number of hydrogen-bond acceptors (Lipinski definition) is 7. The number of hydrogen-bond donors (Lipinski definition) is 4. The van der Waals surface area contributed by atoms with Crippen molar-refractivity contribution in [2.75, 3.05) is 13.1 Å². The summed E-state index contributed by atoms with van der Waals surface area (Å²) in [5, 5.41) is 28.3. The number of nitrogens with one attached hydrogen (secondary N) is 2. The van der Waals surface area contributed by atoms with E-state index in [0.29, 0.717) is 17.4 Å². The van der Waals surface area contributed by atoms with Gasteiger partial charge in [-0.25, -0.2) is 0 Å². The number of likely N-dealkylation sites (tertiary alicyclic amines) is 1. The molecule has 7 nitrogen and oxygen atoms in total. The van der Waals surface area contributed by atoms with Crippen molar-refractivity contribution < 1.29 is 10.2 Å². The Balaban J connectivity index is 1.47. The lowest BCUT2D eigenvalue weighted by Gasteiger charge is -2.27. The lowest BCUT2D eigenvalue weighted by Crippen LogP contribution is -2.34. The molecule has 0 saturated carbocycles. The Bertz CT molecular complexity index is 870. The second-order valence-electron chi connectivity index (χ2n) is 6.87. The minimum Gasteiger partial charge on any atom is -0.508 e. The first-order valence-corrected chi connectivity index (χ1v) is 9.20. The summed E-state index contributed by atoms with van der Waals surface area (Å²) in [7, 11) is 0. The molecular weight excluding hydrogens is 342 g/mol. The van der Waals surface area contributed by atoms with Crippen LogP contribution in [0, 0.1) is 0 Å². The lowest BCUT2D eigenvalue weighted by atomic mass is 10.1. The van der Waals surface area contributed by atoms with E-state index in [2.05, 4.69) is 26.0 Å². The van der Waals surface area contributed by atoms with Crippen molar-refractivity contribution in [3.63, 3.8) is 0 Å². The van der Waals surface area contributed by atoms with Crippen LogP contribution in [0.15, 0.2) is 52.7 Å². The number of phenols is 2. The Hall–Kier alpha value is -3.06. The van der Waals surface area contributed by atoms with Gasteiger partial charge >= 0.3 is 0 Å². The van der Waals surface area contributed by atoms with Gasteiger partial charge in [-0.05, 0) is 68.4 Å². The first-order valence-electron chi connectivity index (χ1n) is 9.20. The fraction of sp³-hybridized carbons (Fsp3) is 0.300. The predicted octanol–water partition coefficient (Wildman–Crippen LogP) is 2.30. The average Bonchev–Trinajstić information content (AvgIpc) is 2.71. The van der Waals surface area contributed by atoms with Crippen LogP contribution < -0.4 is 10.9 Å². The van der Waals surface area contributed by atoms with E-state index >= 15 is 0 Å². The molecule has 0 amide bonds. The molecule has 7 heteroatoms. The van der Waals surface area contributed by atoms with Crippen LogP contribution in [-0.2, 0) is 6.54 Å². The summed E-state index contributed by atoms with van der Waals surface area (Å²) in [5.74, 6) is 1.68. The van der Waals surface area contributed by atoms with E-state index in [-0.39, 0.29) is 5.75 Å². The number of piperidine rings is 1. The third-order valence-electron chi connectivity index (χ3n) is 4.88. The Morgan fingerprint density at radius 3 is 2.11 bits per heavy atom. The van der Waals surface area contributed by atoms with Gasteiger partial charge < -0.3 is 10.2 Å². The van der Waals surface area contributed by atoms with E-state index < -0.39 is 0 Å². The van der Waals surface area contributed by atoms with Gasteiger partial charge in [0, 0.05) is 23.2 Å². The highest BCUT2D eigenvalue weighted by Crippen LogP contribution is 2.22. The first kappa shape index (κ1) is 17.4. The van der Waals surface area contributed by atoms with Crippen molar-refractivity contribution in [3.8, 4) is 11.5 Å². The maximum Gasteiger partial charge on any atom is 0.173 e. The SMILES string of the molecule is Oc1ccc(C2=NNC(c3ccc(O)c(CN4CCCCC4)c3)=NN2)cc1. The zero-order valence-corrected chi connectivity index (χ0v) is 15.0. The van der Waals surface area contributed by atoms with Crippen LogP contribution in [0.25, 0.3) is 0 Å². The van der Waals surface area contributed by atoms with Gasteiger partial charge in [0.2, 0.25) is 0 Å². The zero-order chi connectivity index (χ0) is 18.6. The molecule has 2 aliphatic heterocycles. The Kier molecular flexibility index (Phi) is 4.93. The monoisotopic (exact) mass is 365 g/mol. The minimum absolute atomic E-state index is 0.206. The Morgan fingerprint density at radius 2 is 1.44 bits per heavy atom. The van der Waals surface area contributed by atoms with Crippen molar-refractivity contribution in [1.29, 1.82) is 0 Å². The van der Waals surface area contributed by atoms with Gasteiger partial charge in [-0.15, -0.1) is 0 Å². The zero-order valence-electron chi connectivity index (χ0n) is 15.0. The highest BCUT2D eigenvalue weighted by Gasteiger charge is 2.16. The number of phenolic OH excluding ortho intramolecular Hbond substituents is 2. The maximum atomic E-state index is 10.2. The molecule has 1 saturated heterocycles. The van der Waals surface area contributed by atoms with Gasteiger partial charge in [0.1, 0.15) is 11.5 Å². The number of amidine groups is 2. The van der Waals surface area contributed by atoms with E-state index in [4.69, 9.17) is 0 Å². The summed E-state index contributed by atoms with van der Waals surface area (Å²) >= 11 is 0.